The lowest BCUT2D eigenvalue weighted by atomic mass is 10.1. The fourth-order valence-corrected chi connectivity index (χ4v) is 4.92. The lowest BCUT2D eigenvalue weighted by Gasteiger charge is -2.43. The topological polar surface area (TPSA) is 77.1 Å². The number of hydrogen-bond donors (Lipinski definition) is 2. The van der Waals surface area contributed by atoms with Crippen molar-refractivity contribution in [3.8, 4) is 11.4 Å². The maximum Gasteiger partial charge on any atom is 0.257 e. The van der Waals surface area contributed by atoms with Gasteiger partial charge in [-0.15, -0.1) is 0 Å². The molecule has 2 aromatic heterocycles. The number of aromatic nitrogens is 3. The first-order valence-corrected chi connectivity index (χ1v) is 12.2. The molecule has 5 rings (SSSR count). The third-order valence-electron chi connectivity index (χ3n) is 6.66. The van der Waals surface area contributed by atoms with Crippen molar-refractivity contribution in [2.45, 2.75) is 25.9 Å². The number of aromatic amines is 1. The summed E-state index contributed by atoms with van der Waals surface area (Å²) in [4.78, 5) is 29.8. The molecule has 2 atom stereocenters. The van der Waals surface area contributed by atoms with Crippen molar-refractivity contribution in [1.82, 2.24) is 19.9 Å². The van der Waals surface area contributed by atoms with Gasteiger partial charge in [0, 0.05) is 48.3 Å². The van der Waals surface area contributed by atoms with Gasteiger partial charge in [0.25, 0.3) is 5.91 Å². The molecular formula is C26H26Cl2N6O. The molecule has 1 aliphatic heterocycles. The maximum atomic E-state index is 13.1. The molecule has 9 heteroatoms. The van der Waals surface area contributed by atoms with Crippen molar-refractivity contribution >= 4 is 51.6 Å². The molecule has 0 bridgehead atoms. The third kappa shape index (κ3) is 4.72. The maximum absolute atomic E-state index is 13.1. The number of H-pyrrole nitrogens is 1. The number of nitrogens with zero attached hydrogens (tertiary/aromatic N) is 4. The van der Waals surface area contributed by atoms with Gasteiger partial charge in [0.05, 0.1) is 15.6 Å². The van der Waals surface area contributed by atoms with E-state index in [1.54, 1.807) is 30.5 Å². The molecule has 0 unspecified atom stereocenters. The van der Waals surface area contributed by atoms with E-state index >= 15 is 0 Å². The predicted molar refractivity (Wildman–Crippen MR) is 143 cm³/mol. The average molecular weight is 509 g/mol. The number of imidazole rings is 1. The molecule has 0 radical (unpaired) electrons. The number of nitrogens with one attached hydrogen (secondary N) is 2. The second kappa shape index (κ2) is 9.49. The molecule has 4 aromatic rings. The van der Waals surface area contributed by atoms with Crippen LogP contribution in [0, 0.1) is 0 Å². The number of pyridine rings is 1. The molecular weight excluding hydrogens is 483 g/mol. The van der Waals surface area contributed by atoms with Crippen LogP contribution in [0.5, 0.6) is 0 Å². The first-order chi connectivity index (χ1) is 16.8. The van der Waals surface area contributed by atoms with Crippen LogP contribution in [0.25, 0.3) is 22.6 Å². The van der Waals surface area contributed by atoms with Crippen molar-refractivity contribution < 1.29 is 4.79 Å². The third-order valence-corrected chi connectivity index (χ3v) is 7.30. The van der Waals surface area contributed by atoms with E-state index in [1.165, 1.54) is 0 Å². The zero-order chi connectivity index (χ0) is 24.7. The van der Waals surface area contributed by atoms with E-state index in [-0.39, 0.29) is 5.91 Å². The van der Waals surface area contributed by atoms with Crippen LogP contribution in [0.1, 0.15) is 24.2 Å². The fraction of sp³-hybridized carbons (Fsp3) is 0.269. The van der Waals surface area contributed by atoms with Crippen molar-refractivity contribution in [2.24, 2.45) is 0 Å². The predicted octanol–water partition coefficient (Wildman–Crippen LogP) is 5.71. The minimum atomic E-state index is -0.291. The van der Waals surface area contributed by atoms with Crippen molar-refractivity contribution in [2.75, 3.05) is 30.4 Å². The van der Waals surface area contributed by atoms with Crippen molar-refractivity contribution in [3.63, 3.8) is 0 Å². The number of rotatable bonds is 4. The molecule has 3 heterocycles. The summed E-state index contributed by atoms with van der Waals surface area (Å²) in [5.74, 6) is 0.291. The monoisotopic (exact) mass is 508 g/mol. The van der Waals surface area contributed by atoms with Crippen LogP contribution in [0.3, 0.4) is 0 Å². The largest absolute Gasteiger partial charge is 0.368 e. The lowest BCUT2D eigenvalue weighted by Crippen LogP contribution is -2.55. The Hall–Kier alpha value is -3.13. The summed E-state index contributed by atoms with van der Waals surface area (Å²) in [5, 5.41) is 3.86. The van der Waals surface area contributed by atoms with Crippen LogP contribution < -0.4 is 10.2 Å². The molecule has 0 saturated carbocycles. The van der Waals surface area contributed by atoms with Gasteiger partial charge in [0.15, 0.2) is 5.65 Å². The molecule has 1 amide bonds. The number of anilines is 2. The Morgan fingerprint density at radius 3 is 2.54 bits per heavy atom. The van der Waals surface area contributed by atoms with Gasteiger partial charge in [0.2, 0.25) is 0 Å². The molecule has 0 spiro atoms. The number of hydrogen-bond acceptors (Lipinski definition) is 5. The highest BCUT2D eigenvalue weighted by Crippen LogP contribution is 2.31. The molecule has 2 N–H and O–H groups in total. The highest BCUT2D eigenvalue weighted by molar-refractivity contribution is 6.35. The Bertz CT molecular complexity index is 1360. The second-order valence-electron chi connectivity index (χ2n) is 9.04. The van der Waals surface area contributed by atoms with E-state index in [2.05, 4.69) is 51.0 Å². The van der Waals surface area contributed by atoms with Crippen LogP contribution in [-0.4, -0.2) is 58.0 Å². The number of benzene rings is 2. The SMILES string of the molecule is C[C@@H]1CN(c2ccc(C(=O)Nc3ccc(Cl)c(-c4nc5cccnc5[nH]4)c3)c(Cl)c2)C[C@H](C)N1C. The van der Waals surface area contributed by atoms with Crippen LogP contribution in [-0.2, 0) is 0 Å². The van der Waals surface area contributed by atoms with E-state index in [0.717, 1.165) is 24.3 Å². The highest BCUT2D eigenvalue weighted by Gasteiger charge is 2.27. The summed E-state index contributed by atoms with van der Waals surface area (Å²) in [6.07, 6.45) is 1.70. The Morgan fingerprint density at radius 1 is 1.06 bits per heavy atom. The van der Waals surface area contributed by atoms with E-state index in [1.807, 2.05) is 24.3 Å². The number of carbonyl (C=O) groups is 1. The van der Waals surface area contributed by atoms with Gasteiger partial charge in [-0.25, -0.2) is 9.97 Å². The number of carbonyl (C=O) groups excluding carboxylic acids is 1. The zero-order valence-electron chi connectivity index (χ0n) is 19.7. The Balaban J connectivity index is 1.36. The number of amides is 1. The first-order valence-electron chi connectivity index (χ1n) is 11.5. The minimum absolute atomic E-state index is 0.291. The Kier molecular flexibility index (Phi) is 6.40. The summed E-state index contributed by atoms with van der Waals surface area (Å²) >= 11 is 13.0. The van der Waals surface area contributed by atoms with Gasteiger partial charge in [-0.05, 0) is 69.4 Å². The van der Waals surface area contributed by atoms with Crippen molar-refractivity contribution in [1.29, 1.82) is 0 Å². The molecule has 1 aliphatic rings. The Labute approximate surface area is 214 Å². The number of fused-ring (bicyclic) bond motifs is 1. The zero-order valence-corrected chi connectivity index (χ0v) is 21.2. The molecule has 180 valence electrons. The van der Waals surface area contributed by atoms with Gasteiger partial charge in [-0.1, -0.05) is 23.2 Å². The van der Waals surface area contributed by atoms with Crippen LogP contribution in [0.4, 0.5) is 11.4 Å². The van der Waals surface area contributed by atoms with Gasteiger partial charge >= 0.3 is 0 Å². The van der Waals surface area contributed by atoms with E-state index in [0.29, 0.717) is 50.4 Å². The summed E-state index contributed by atoms with van der Waals surface area (Å²) in [6, 6.07) is 15.4. The summed E-state index contributed by atoms with van der Waals surface area (Å²) in [7, 11) is 2.15. The molecule has 1 saturated heterocycles. The average Bonchev–Trinajstić information content (AvgIpc) is 3.27. The smallest absolute Gasteiger partial charge is 0.257 e. The number of likely N-dealkylation sites (N-methyl/N-ethyl adjacent to an activating group) is 1. The van der Waals surface area contributed by atoms with Crippen LogP contribution in [0.15, 0.2) is 54.7 Å². The lowest BCUT2D eigenvalue weighted by molar-refractivity contribution is 0.102. The standard InChI is InChI=1S/C26H26Cl2N6O/c1-15-13-34(14-16(2)33(15)3)18-7-8-19(22(28)12-18)26(35)30-17-6-9-21(27)20(11-17)24-31-23-5-4-10-29-25(23)32-24/h4-12,15-16H,13-14H2,1-3H3,(H,30,35)(H,29,31,32)/t15-,16+. The quantitative estimate of drug-likeness (QED) is 0.369. The molecule has 1 fully saturated rings. The Morgan fingerprint density at radius 2 is 1.83 bits per heavy atom. The molecule has 35 heavy (non-hydrogen) atoms. The van der Waals surface area contributed by atoms with E-state index in [4.69, 9.17) is 23.2 Å². The van der Waals surface area contributed by atoms with Gasteiger partial charge in [0.1, 0.15) is 11.3 Å². The number of piperazine rings is 1. The summed E-state index contributed by atoms with van der Waals surface area (Å²) < 4.78 is 0. The van der Waals surface area contributed by atoms with Crippen LogP contribution >= 0.6 is 23.2 Å². The highest BCUT2D eigenvalue weighted by atomic mass is 35.5. The fourth-order valence-electron chi connectivity index (χ4n) is 4.45. The second-order valence-corrected chi connectivity index (χ2v) is 9.85. The normalized spacial score (nSPS) is 18.7. The van der Waals surface area contributed by atoms with Gasteiger partial charge in [-0.3, -0.25) is 9.69 Å². The van der Waals surface area contributed by atoms with Gasteiger partial charge < -0.3 is 15.2 Å². The minimum Gasteiger partial charge on any atom is -0.368 e. The summed E-state index contributed by atoms with van der Waals surface area (Å²) in [5.41, 5.74) is 4.10. The molecule has 0 aliphatic carbocycles. The van der Waals surface area contributed by atoms with Crippen molar-refractivity contribution in [3.05, 3.63) is 70.3 Å². The van der Waals surface area contributed by atoms with E-state index in [9.17, 15) is 4.79 Å². The van der Waals surface area contributed by atoms with Crippen LogP contribution in [0.2, 0.25) is 10.0 Å². The molecule has 2 aromatic carbocycles. The first kappa shape index (κ1) is 23.6. The number of halogens is 2. The van der Waals surface area contributed by atoms with Gasteiger partial charge in [-0.2, -0.15) is 0 Å². The van der Waals surface area contributed by atoms with E-state index < -0.39 is 0 Å². The summed E-state index contributed by atoms with van der Waals surface area (Å²) in [6.45, 7) is 6.25. The molecule has 7 nitrogen and oxygen atoms in total.